The van der Waals surface area contributed by atoms with Gasteiger partial charge < -0.3 is 15.7 Å². The maximum absolute atomic E-state index is 12.8. The van der Waals surface area contributed by atoms with Crippen LogP contribution < -0.4 is 5.73 Å². The first-order valence-electron chi connectivity index (χ1n) is 6.69. The number of nitrogens with two attached hydrogens (primary N) is 1. The van der Waals surface area contributed by atoms with Crippen molar-refractivity contribution in [1.82, 2.24) is 4.90 Å². The fourth-order valence-electron chi connectivity index (χ4n) is 2.10. The quantitative estimate of drug-likeness (QED) is 0.852. The van der Waals surface area contributed by atoms with Gasteiger partial charge in [-0.25, -0.2) is 0 Å². The number of nitrogen functional groups attached to an aromatic ring is 1. The van der Waals surface area contributed by atoms with Crippen molar-refractivity contribution in [2.24, 2.45) is 0 Å². The summed E-state index contributed by atoms with van der Waals surface area (Å²) in [5.41, 5.74) is 4.91. The Morgan fingerprint density at radius 2 is 1.87 bits per heavy atom. The number of amides is 1. The van der Waals surface area contributed by atoms with Crippen LogP contribution in [0.5, 0.6) is 5.75 Å². The number of phenols is 1. The molecule has 23 heavy (non-hydrogen) atoms. The van der Waals surface area contributed by atoms with Gasteiger partial charge in [-0.3, -0.25) is 4.79 Å². The summed E-state index contributed by atoms with van der Waals surface area (Å²) in [5.74, 6) is -0.652. The zero-order valence-electron chi connectivity index (χ0n) is 12.3. The van der Waals surface area contributed by atoms with E-state index in [2.05, 4.69) is 0 Å². The Kier molecular flexibility index (Phi) is 4.49. The van der Waals surface area contributed by atoms with Crippen molar-refractivity contribution in [3.8, 4) is 5.75 Å². The molecule has 1 amide bonds. The number of halogens is 3. The van der Waals surface area contributed by atoms with Gasteiger partial charge in [-0.05, 0) is 24.3 Å². The molecule has 0 aliphatic carbocycles. The maximum Gasteiger partial charge on any atom is 0.416 e. The van der Waals surface area contributed by atoms with Gasteiger partial charge in [0.25, 0.3) is 5.91 Å². The van der Waals surface area contributed by atoms with E-state index in [1.54, 1.807) is 18.2 Å². The highest BCUT2D eigenvalue weighted by molar-refractivity contribution is 5.99. The van der Waals surface area contributed by atoms with Crippen molar-refractivity contribution in [2.75, 3.05) is 12.8 Å². The Morgan fingerprint density at radius 3 is 2.48 bits per heavy atom. The molecule has 0 aliphatic rings. The summed E-state index contributed by atoms with van der Waals surface area (Å²) >= 11 is 0. The summed E-state index contributed by atoms with van der Waals surface area (Å²) in [6.45, 7) is 0.0428. The Bertz CT molecular complexity index is 730. The summed E-state index contributed by atoms with van der Waals surface area (Å²) < 4.78 is 38.3. The summed E-state index contributed by atoms with van der Waals surface area (Å²) in [4.78, 5) is 13.6. The molecular weight excluding hydrogens is 309 g/mol. The number of nitrogens with zero attached hydrogens (tertiary/aromatic N) is 1. The van der Waals surface area contributed by atoms with Crippen LogP contribution in [0.1, 0.15) is 21.5 Å². The van der Waals surface area contributed by atoms with Crippen LogP contribution >= 0.6 is 0 Å². The molecule has 0 saturated carbocycles. The van der Waals surface area contributed by atoms with Gasteiger partial charge in [0.05, 0.1) is 11.1 Å². The molecule has 0 unspecified atom stereocenters. The first kappa shape index (κ1) is 16.7. The number of carbonyl (C=O) groups excluding carboxylic acids is 1. The topological polar surface area (TPSA) is 66.6 Å². The van der Waals surface area contributed by atoms with E-state index in [-0.39, 0.29) is 23.5 Å². The Labute approximate surface area is 131 Å². The molecule has 0 radical (unpaired) electrons. The lowest BCUT2D eigenvalue weighted by Crippen LogP contribution is -2.27. The number of rotatable bonds is 3. The summed E-state index contributed by atoms with van der Waals surface area (Å²) in [5, 5.41) is 9.71. The van der Waals surface area contributed by atoms with Gasteiger partial charge in [-0.15, -0.1) is 0 Å². The van der Waals surface area contributed by atoms with Crippen molar-refractivity contribution in [1.29, 1.82) is 0 Å². The first-order valence-corrected chi connectivity index (χ1v) is 6.69. The highest BCUT2D eigenvalue weighted by Gasteiger charge is 2.32. The molecule has 0 aromatic heterocycles. The number of anilines is 1. The number of aromatic hydroxyl groups is 1. The van der Waals surface area contributed by atoms with Gasteiger partial charge in [0.15, 0.2) is 0 Å². The zero-order valence-corrected chi connectivity index (χ0v) is 12.3. The minimum absolute atomic E-state index is 0.00386. The first-order chi connectivity index (χ1) is 10.7. The molecule has 0 bridgehead atoms. The number of hydrogen-bond acceptors (Lipinski definition) is 3. The average Bonchev–Trinajstić information content (AvgIpc) is 2.48. The van der Waals surface area contributed by atoms with E-state index in [0.717, 1.165) is 18.2 Å². The van der Waals surface area contributed by atoms with Crippen molar-refractivity contribution in [3.63, 3.8) is 0 Å². The monoisotopic (exact) mass is 324 g/mol. The van der Waals surface area contributed by atoms with E-state index in [9.17, 15) is 23.1 Å². The molecule has 0 aliphatic heterocycles. The highest BCUT2D eigenvalue weighted by atomic mass is 19.4. The molecule has 2 rings (SSSR count). The molecule has 2 aromatic rings. The molecule has 0 fully saturated rings. The van der Waals surface area contributed by atoms with Crippen molar-refractivity contribution >= 4 is 11.6 Å². The second kappa shape index (κ2) is 6.20. The van der Waals surface area contributed by atoms with E-state index >= 15 is 0 Å². The molecule has 7 heteroatoms. The van der Waals surface area contributed by atoms with E-state index in [1.807, 2.05) is 0 Å². The smallest absolute Gasteiger partial charge is 0.416 e. The van der Waals surface area contributed by atoms with Crippen LogP contribution in [0.4, 0.5) is 18.9 Å². The summed E-state index contributed by atoms with van der Waals surface area (Å²) in [6.07, 6.45) is -4.56. The van der Waals surface area contributed by atoms with Gasteiger partial charge in [0.2, 0.25) is 0 Å². The zero-order chi connectivity index (χ0) is 17.2. The predicted molar refractivity (Wildman–Crippen MR) is 79.8 cm³/mol. The minimum atomic E-state index is -4.56. The van der Waals surface area contributed by atoms with Crippen molar-refractivity contribution < 1.29 is 23.1 Å². The largest absolute Gasteiger partial charge is 0.508 e. The van der Waals surface area contributed by atoms with E-state index in [0.29, 0.717) is 5.56 Å². The maximum atomic E-state index is 12.8. The summed E-state index contributed by atoms with van der Waals surface area (Å²) in [6, 6.07) is 9.02. The predicted octanol–water partition coefficient (Wildman–Crippen LogP) is 3.27. The lowest BCUT2D eigenvalue weighted by Gasteiger charge is -2.19. The molecular formula is C16H15F3N2O2. The van der Waals surface area contributed by atoms with Crippen LogP contribution in [-0.2, 0) is 12.7 Å². The summed E-state index contributed by atoms with van der Waals surface area (Å²) in [7, 11) is 1.43. The number of benzene rings is 2. The normalized spacial score (nSPS) is 11.3. The third kappa shape index (κ3) is 3.74. The van der Waals surface area contributed by atoms with Gasteiger partial charge in [-0.2, -0.15) is 13.2 Å². The van der Waals surface area contributed by atoms with Crippen LogP contribution in [0.2, 0.25) is 0 Å². The van der Waals surface area contributed by atoms with Crippen LogP contribution in [-0.4, -0.2) is 23.0 Å². The van der Waals surface area contributed by atoms with Crippen LogP contribution in [0.15, 0.2) is 42.5 Å². The Balaban J connectivity index is 2.28. The van der Waals surface area contributed by atoms with Gasteiger partial charge >= 0.3 is 6.18 Å². The van der Waals surface area contributed by atoms with E-state index in [4.69, 9.17) is 5.73 Å². The second-order valence-electron chi connectivity index (χ2n) is 5.09. The number of carbonyl (C=O) groups is 1. The van der Waals surface area contributed by atoms with Gasteiger partial charge in [-0.1, -0.05) is 18.2 Å². The third-order valence-corrected chi connectivity index (χ3v) is 3.36. The van der Waals surface area contributed by atoms with Crippen molar-refractivity contribution in [2.45, 2.75) is 12.7 Å². The van der Waals surface area contributed by atoms with Crippen LogP contribution in [0.3, 0.4) is 0 Å². The number of phenolic OH excluding ortho intramolecular Hbond substituents is 1. The van der Waals surface area contributed by atoms with Crippen LogP contribution in [0.25, 0.3) is 0 Å². The molecule has 2 aromatic carbocycles. The molecule has 0 saturated heterocycles. The number of alkyl halides is 3. The third-order valence-electron chi connectivity index (χ3n) is 3.36. The molecule has 0 heterocycles. The van der Waals surface area contributed by atoms with E-state index < -0.39 is 17.6 Å². The molecule has 122 valence electrons. The average molecular weight is 324 g/mol. The second-order valence-corrected chi connectivity index (χ2v) is 5.09. The van der Waals surface area contributed by atoms with Gasteiger partial charge in [0.1, 0.15) is 5.75 Å². The van der Waals surface area contributed by atoms with Crippen LogP contribution in [0, 0.1) is 0 Å². The lowest BCUT2D eigenvalue weighted by molar-refractivity contribution is -0.137. The Hall–Kier alpha value is -2.70. The van der Waals surface area contributed by atoms with Gasteiger partial charge in [0, 0.05) is 24.8 Å². The Morgan fingerprint density at radius 1 is 1.22 bits per heavy atom. The highest BCUT2D eigenvalue weighted by Crippen LogP contribution is 2.31. The molecule has 0 atom stereocenters. The van der Waals surface area contributed by atoms with Crippen molar-refractivity contribution in [3.05, 3.63) is 59.2 Å². The fraction of sp³-hybridized carbons (Fsp3) is 0.188. The molecule has 0 spiro atoms. The fourth-order valence-corrected chi connectivity index (χ4v) is 2.10. The van der Waals surface area contributed by atoms with E-state index in [1.165, 1.54) is 18.0 Å². The SMILES string of the molecule is CN(Cc1ccccc1O)C(=O)c1cc(C(F)(F)F)ccc1N. The molecule has 3 N–H and O–H groups in total. The molecule has 4 nitrogen and oxygen atoms in total. The standard InChI is InChI=1S/C16H15F3N2O2/c1-21(9-10-4-2-3-5-14(10)22)15(23)12-8-11(16(17,18)19)6-7-13(12)20/h2-8,22H,9,20H2,1H3. The minimum Gasteiger partial charge on any atom is -0.508 e. The number of para-hydroxylation sites is 1. The lowest BCUT2D eigenvalue weighted by atomic mass is 10.1. The number of hydrogen-bond donors (Lipinski definition) is 2.